The normalized spacial score (nSPS) is 10.1. The van der Waals surface area contributed by atoms with Crippen molar-refractivity contribution in [3.63, 3.8) is 0 Å². The van der Waals surface area contributed by atoms with Gasteiger partial charge < -0.3 is 10.4 Å². The molecule has 3 aromatic rings. The summed E-state index contributed by atoms with van der Waals surface area (Å²) < 4.78 is 0. The van der Waals surface area contributed by atoms with Crippen molar-refractivity contribution in [2.75, 3.05) is 5.32 Å². The van der Waals surface area contributed by atoms with Gasteiger partial charge in [0, 0.05) is 5.56 Å². The maximum Gasteiger partial charge on any atom is 0.229 e. The number of aromatic hydroxyl groups is 1. The van der Waals surface area contributed by atoms with E-state index >= 15 is 0 Å². The molecule has 3 rings (SSSR count). The molecule has 152 valence electrons. The number of nitrogens with zero attached hydrogens (tertiary/aromatic N) is 2. The number of rotatable bonds is 6. The predicted octanol–water partition coefficient (Wildman–Crippen LogP) is 5.32. The van der Waals surface area contributed by atoms with Crippen molar-refractivity contribution in [1.29, 1.82) is 0 Å². The highest BCUT2D eigenvalue weighted by Gasteiger charge is 2.12. The maximum absolute atomic E-state index is 12.4. The third kappa shape index (κ3) is 6.42. The lowest BCUT2D eigenvalue weighted by atomic mass is 10.1. The number of anilines is 1. The molecular weight excluding hydrogens is 362 g/mol. The number of amides is 1. The molecule has 2 N–H and O–H groups in total. The number of carbonyl (C=O) groups excluding carboxylic acids is 1. The third-order valence-corrected chi connectivity index (χ3v) is 4.24. The Hall–Kier alpha value is -3.21. The van der Waals surface area contributed by atoms with Gasteiger partial charge in [-0.1, -0.05) is 57.0 Å². The minimum absolute atomic E-state index is 0.108. The molecule has 0 spiro atoms. The van der Waals surface area contributed by atoms with Crippen LogP contribution in [0.4, 0.5) is 5.82 Å². The number of hydrogen-bond donors (Lipinski definition) is 2. The van der Waals surface area contributed by atoms with E-state index in [9.17, 15) is 9.90 Å². The average Bonchev–Trinajstić information content (AvgIpc) is 2.73. The van der Waals surface area contributed by atoms with E-state index in [1.165, 1.54) is 5.56 Å². The number of hydrogen-bond acceptors (Lipinski definition) is 4. The molecule has 2 aromatic carbocycles. The van der Waals surface area contributed by atoms with E-state index in [0.29, 0.717) is 12.2 Å². The molecule has 0 radical (unpaired) electrons. The van der Waals surface area contributed by atoms with Crippen LogP contribution >= 0.6 is 0 Å². The molecule has 29 heavy (non-hydrogen) atoms. The fourth-order valence-electron chi connectivity index (χ4n) is 2.78. The van der Waals surface area contributed by atoms with Crippen LogP contribution in [0.15, 0.2) is 54.7 Å². The van der Waals surface area contributed by atoms with E-state index in [1.54, 1.807) is 30.5 Å². The van der Waals surface area contributed by atoms with Crippen molar-refractivity contribution in [1.82, 2.24) is 9.97 Å². The van der Waals surface area contributed by atoms with Crippen LogP contribution < -0.4 is 5.32 Å². The van der Waals surface area contributed by atoms with E-state index in [-0.39, 0.29) is 11.7 Å². The van der Waals surface area contributed by atoms with E-state index in [1.807, 2.05) is 45.0 Å². The lowest BCUT2D eigenvalue weighted by molar-refractivity contribution is -0.115. The number of phenols is 1. The summed E-state index contributed by atoms with van der Waals surface area (Å²) in [5.41, 5.74) is 4.48. The molecule has 0 aliphatic heterocycles. The van der Waals surface area contributed by atoms with Crippen molar-refractivity contribution >= 4 is 11.7 Å². The molecule has 0 atom stereocenters. The number of nitrogens with one attached hydrogen (secondary N) is 1. The van der Waals surface area contributed by atoms with E-state index in [2.05, 4.69) is 22.2 Å². The first-order valence-electron chi connectivity index (χ1n) is 10.1. The Morgan fingerprint density at radius 1 is 1.03 bits per heavy atom. The highest BCUT2D eigenvalue weighted by Crippen LogP contribution is 2.22. The fraction of sp³-hybridized carbons (Fsp3) is 0.292. The van der Waals surface area contributed by atoms with E-state index in [4.69, 9.17) is 0 Å². The van der Waals surface area contributed by atoms with Gasteiger partial charge in [-0.2, -0.15) is 0 Å². The van der Waals surface area contributed by atoms with E-state index in [0.717, 1.165) is 35.4 Å². The summed E-state index contributed by atoms with van der Waals surface area (Å²) in [5.74, 6) is 0.611. The van der Waals surface area contributed by atoms with Crippen molar-refractivity contribution in [3.05, 3.63) is 71.5 Å². The standard InChI is InChI=1S/C22H23N3O2.C2H6/c1-3-4-19-22(25-21(27)13-16-7-5-15(2)6-8-16)23-14-20(24-19)17-9-11-18(26)12-10-17;1-2/h5-12,14,26H,3-4,13H2,1-2H3,(H,23,25,27);1-2H3. The predicted molar refractivity (Wildman–Crippen MR) is 118 cm³/mol. The summed E-state index contributed by atoms with van der Waals surface area (Å²) in [5, 5.41) is 12.3. The van der Waals surface area contributed by atoms with Gasteiger partial charge >= 0.3 is 0 Å². The summed E-state index contributed by atoms with van der Waals surface area (Å²) in [6.45, 7) is 8.08. The van der Waals surface area contributed by atoms with Crippen LogP contribution in [0.25, 0.3) is 11.3 Å². The Morgan fingerprint density at radius 2 is 1.69 bits per heavy atom. The van der Waals surface area contributed by atoms with Gasteiger partial charge in [0.15, 0.2) is 5.82 Å². The van der Waals surface area contributed by atoms with Crippen LogP contribution in [0.5, 0.6) is 5.75 Å². The minimum Gasteiger partial charge on any atom is -0.508 e. The molecule has 0 saturated heterocycles. The number of carbonyl (C=O) groups is 1. The second kappa shape index (κ2) is 11.0. The summed E-state index contributed by atoms with van der Waals surface area (Å²) in [6, 6.07) is 14.7. The monoisotopic (exact) mass is 391 g/mol. The fourth-order valence-corrected chi connectivity index (χ4v) is 2.78. The van der Waals surface area contributed by atoms with Gasteiger partial charge in [-0.3, -0.25) is 4.79 Å². The zero-order chi connectivity index (χ0) is 21.2. The average molecular weight is 392 g/mol. The zero-order valence-corrected chi connectivity index (χ0v) is 17.6. The van der Waals surface area contributed by atoms with Gasteiger partial charge in [0.2, 0.25) is 5.91 Å². The highest BCUT2D eigenvalue weighted by molar-refractivity contribution is 5.92. The minimum atomic E-state index is -0.108. The van der Waals surface area contributed by atoms with Crippen molar-refractivity contribution in [3.8, 4) is 17.0 Å². The molecule has 1 amide bonds. The molecule has 0 fully saturated rings. The first kappa shape index (κ1) is 22.1. The topological polar surface area (TPSA) is 75.1 Å². The lowest BCUT2D eigenvalue weighted by Gasteiger charge is -2.11. The third-order valence-electron chi connectivity index (χ3n) is 4.24. The van der Waals surface area contributed by atoms with Gasteiger partial charge in [0.05, 0.1) is 24.0 Å². The molecule has 1 aromatic heterocycles. The van der Waals surface area contributed by atoms with E-state index < -0.39 is 0 Å². The molecular formula is C24H29N3O2. The summed E-state index contributed by atoms with van der Waals surface area (Å²) in [4.78, 5) is 21.5. The molecule has 0 bridgehead atoms. The van der Waals surface area contributed by atoms with Crippen molar-refractivity contribution in [2.24, 2.45) is 0 Å². The van der Waals surface area contributed by atoms with Crippen molar-refractivity contribution in [2.45, 2.75) is 47.0 Å². The Kier molecular flexibility index (Phi) is 8.34. The van der Waals surface area contributed by atoms with Gasteiger partial charge in [0.25, 0.3) is 0 Å². The van der Waals surface area contributed by atoms with Crippen molar-refractivity contribution < 1.29 is 9.90 Å². The second-order valence-electron chi connectivity index (χ2n) is 6.56. The first-order valence-corrected chi connectivity index (χ1v) is 10.1. The summed E-state index contributed by atoms with van der Waals surface area (Å²) in [6.07, 6.45) is 3.56. The number of aromatic nitrogens is 2. The largest absolute Gasteiger partial charge is 0.508 e. The van der Waals surface area contributed by atoms with Crippen LogP contribution in [-0.2, 0) is 17.6 Å². The number of benzene rings is 2. The van der Waals surface area contributed by atoms with Crippen LogP contribution in [0.1, 0.15) is 44.0 Å². The molecule has 0 saturated carbocycles. The summed E-state index contributed by atoms with van der Waals surface area (Å²) >= 11 is 0. The van der Waals surface area contributed by atoms with Crippen LogP contribution in [0.2, 0.25) is 0 Å². The maximum atomic E-state index is 12.4. The van der Waals surface area contributed by atoms with Crippen LogP contribution in [0.3, 0.4) is 0 Å². The Labute approximate surface area is 172 Å². The second-order valence-corrected chi connectivity index (χ2v) is 6.56. The molecule has 0 aliphatic carbocycles. The summed E-state index contributed by atoms with van der Waals surface area (Å²) in [7, 11) is 0. The van der Waals surface area contributed by atoms with Gasteiger partial charge in [-0.05, 0) is 43.2 Å². The Bertz CT molecular complexity index is 920. The van der Waals surface area contributed by atoms with Gasteiger partial charge in [-0.25, -0.2) is 9.97 Å². The smallest absolute Gasteiger partial charge is 0.229 e. The Morgan fingerprint density at radius 3 is 2.31 bits per heavy atom. The van der Waals surface area contributed by atoms with Crippen LogP contribution in [0, 0.1) is 6.92 Å². The molecule has 0 aliphatic rings. The molecule has 5 heteroatoms. The Balaban J connectivity index is 0.00000145. The quantitative estimate of drug-likeness (QED) is 0.596. The zero-order valence-electron chi connectivity index (χ0n) is 17.6. The molecule has 5 nitrogen and oxygen atoms in total. The highest BCUT2D eigenvalue weighted by atomic mass is 16.3. The van der Waals surface area contributed by atoms with Gasteiger partial charge in [-0.15, -0.1) is 0 Å². The van der Waals surface area contributed by atoms with Gasteiger partial charge in [0.1, 0.15) is 5.75 Å². The van der Waals surface area contributed by atoms with Crippen LogP contribution in [-0.4, -0.2) is 21.0 Å². The molecule has 1 heterocycles. The lowest BCUT2D eigenvalue weighted by Crippen LogP contribution is -2.17. The number of aryl methyl sites for hydroxylation is 2. The SMILES string of the molecule is CC.CCCc1nc(-c2ccc(O)cc2)cnc1NC(=O)Cc1ccc(C)cc1. The number of phenolic OH excluding ortho intramolecular Hbond substituents is 1. The molecule has 0 unspecified atom stereocenters. The first-order chi connectivity index (χ1) is 14.0.